The van der Waals surface area contributed by atoms with Crippen LogP contribution in [0.1, 0.15) is 29.2 Å². The zero-order valence-corrected chi connectivity index (χ0v) is 15.9. The smallest absolute Gasteiger partial charge is 0.419 e. The molecule has 0 saturated carbocycles. The molecular formula is C21H15F4N5O. The van der Waals surface area contributed by atoms with Crippen molar-refractivity contribution >= 4 is 16.9 Å². The second-order valence-corrected chi connectivity index (χ2v) is 7.36. The monoisotopic (exact) mass is 429 g/mol. The SMILES string of the molecule is Nc1ncnc2c1c(-c1cc(O)c(F)c(C(F)(F)F)c1)nn2C1CCc2ccccc21. The molecule has 1 aliphatic carbocycles. The summed E-state index contributed by atoms with van der Waals surface area (Å²) >= 11 is 0. The van der Waals surface area contributed by atoms with Crippen LogP contribution in [0.25, 0.3) is 22.3 Å². The van der Waals surface area contributed by atoms with E-state index in [2.05, 4.69) is 15.1 Å². The molecule has 0 bridgehead atoms. The minimum Gasteiger partial charge on any atom is -0.505 e. The van der Waals surface area contributed by atoms with Crippen molar-refractivity contribution in [3.63, 3.8) is 0 Å². The van der Waals surface area contributed by atoms with E-state index in [0.717, 1.165) is 30.0 Å². The Morgan fingerprint density at radius 2 is 1.90 bits per heavy atom. The summed E-state index contributed by atoms with van der Waals surface area (Å²) in [4.78, 5) is 8.21. The summed E-state index contributed by atoms with van der Waals surface area (Å²) in [5, 5.41) is 14.6. The maximum Gasteiger partial charge on any atom is 0.419 e. The minimum atomic E-state index is -5.00. The molecule has 1 unspecified atom stereocenters. The third kappa shape index (κ3) is 2.97. The standard InChI is InChI=1S/C21H15F4N5O/c22-17-13(21(23,24)25)7-11(8-15(17)31)18-16-19(26)27-9-28-20(16)30(29-18)14-6-5-10-3-1-2-4-12(10)14/h1-4,7-9,14,31H,5-6H2,(H2,26,27,28). The Balaban J connectivity index is 1.77. The highest BCUT2D eigenvalue weighted by Crippen LogP contribution is 2.42. The molecule has 1 atom stereocenters. The van der Waals surface area contributed by atoms with Gasteiger partial charge in [-0.2, -0.15) is 18.3 Å². The molecule has 1 aliphatic rings. The highest BCUT2D eigenvalue weighted by molar-refractivity contribution is 5.98. The van der Waals surface area contributed by atoms with Crippen molar-refractivity contribution in [2.75, 3.05) is 5.73 Å². The van der Waals surface area contributed by atoms with Gasteiger partial charge in [0.1, 0.15) is 17.8 Å². The molecular weight excluding hydrogens is 414 g/mol. The van der Waals surface area contributed by atoms with Crippen molar-refractivity contribution < 1.29 is 22.7 Å². The van der Waals surface area contributed by atoms with E-state index in [1.807, 2.05) is 24.3 Å². The Morgan fingerprint density at radius 1 is 1.13 bits per heavy atom. The first-order valence-electron chi connectivity index (χ1n) is 9.42. The van der Waals surface area contributed by atoms with Crippen LogP contribution in [0.3, 0.4) is 0 Å². The number of fused-ring (bicyclic) bond motifs is 2. The van der Waals surface area contributed by atoms with Gasteiger partial charge in [-0.1, -0.05) is 24.3 Å². The number of hydrogen-bond donors (Lipinski definition) is 2. The Kier molecular flexibility index (Phi) is 4.14. The Bertz CT molecular complexity index is 1330. The van der Waals surface area contributed by atoms with Gasteiger partial charge in [0, 0.05) is 5.56 Å². The highest BCUT2D eigenvalue weighted by Gasteiger charge is 2.37. The van der Waals surface area contributed by atoms with Gasteiger partial charge in [0.2, 0.25) is 0 Å². The van der Waals surface area contributed by atoms with Crippen LogP contribution in [0.5, 0.6) is 5.75 Å². The van der Waals surface area contributed by atoms with E-state index in [1.165, 1.54) is 6.33 Å². The lowest BCUT2D eigenvalue weighted by molar-refractivity contribution is -0.140. The fourth-order valence-electron chi connectivity index (χ4n) is 4.16. The van der Waals surface area contributed by atoms with E-state index >= 15 is 0 Å². The fourth-order valence-corrected chi connectivity index (χ4v) is 4.16. The summed E-state index contributed by atoms with van der Waals surface area (Å²) in [5.74, 6) is -2.85. The number of aromatic hydroxyl groups is 1. The number of benzene rings is 2. The maximum absolute atomic E-state index is 14.0. The van der Waals surface area contributed by atoms with E-state index in [9.17, 15) is 22.7 Å². The van der Waals surface area contributed by atoms with Gasteiger partial charge in [-0.15, -0.1) is 0 Å². The number of nitrogen functional groups attached to an aromatic ring is 1. The summed E-state index contributed by atoms with van der Waals surface area (Å²) in [5.41, 5.74) is 6.88. The second kappa shape index (κ2) is 6.66. The molecule has 158 valence electrons. The van der Waals surface area contributed by atoms with E-state index in [4.69, 9.17) is 5.73 Å². The molecule has 0 fully saturated rings. The molecule has 5 rings (SSSR count). The number of nitrogens with two attached hydrogens (primary N) is 1. The van der Waals surface area contributed by atoms with Crippen LogP contribution in [0.2, 0.25) is 0 Å². The molecule has 6 nitrogen and oxygen atoms in total. The average molecular weight is 429 g/mol. The van der Waals surface area contributed by atoms with Crippen LogP contribution in [0.15, 0.2) is 42.7 Å². The third-order valence-electron chi connectivity index (χ3n) is 5.55. The number of phenols is 1. The van der Waals surface area contributed by atoms with Crippen molar-refractivity contribution in [1.82, 2.24) is 19.7 Å². The van der Waals surface area contributed by atoms with Crippen LogP contribution in [-0.4, -0.2) is 24.9 Å². The van der Waals surface area contributed by atoms with E-state index < -0.39 is 23.3 Å². The zero-order valence-electron chi connectivity index (χ0n) is 15.9. The van der Waals surface area contributed by atoms with Gasteiger partial charge < -0.3 is 10.8 Å². The largest absolute Gasteiger partial charge is 0.505 e. The lowest BCUT2D eigenvalue weighted by atomic mass is 10.0. The summed E-state index contributed by atoms with van der Waals surface area (Å²) in [6.45, 7) is 0. The Morgan fingerprint density at radius 3 is 2.68 bits per heavy atom. The molecule has 0 amide bonds. The molecule has 2 heterocycles. The number of rotatable bonds is 2. The summed E-state index contributed by atoms with van der Waals surface area (Å²) in [7, 11) is 0. The fraction of sp³-hybridized carbons (Fsp3) is 0.190. The van der Waals surface area contributed by atoms with Gasteiger partial charge in [0.05, 0.1) is 17.0 Å². The first-order chi connectivity index (χ1) is 14.8. The van der Waals surface area contributed by atoms with Crippen molar-refractivity contribution in [2.24, 2.45) is 0 Å². The molecule has 4 aromatic rings. The predicted octanol–water partition coefficient (Wildman–Crippen LogP) is 4.47. The van der Waals surface area contributed by atoms with Crippen molar-refractivity contribution in [2.45, 2.75) is 25.1 Å². The van der Waals surface area contributed by atoms with Crippen molar-refractivity contribution in [3.8, 4) is 17.0 Å². The lowest BCUT2D eigenvalue weighted by Crippen LogP contribution is -2.10. The maximum atomic E-state index is 14.0. The predicted molar refractivity (Wildman–Crippen MR) is 105 cm³/mol. The van der Waals surface area contributed by atoms with Crippen LogP contribution in [0.4, 0.5) is 23.4 Å². The number of alkyl halides is 3. The van der Waals surface area contributed by atoms with E-state index in [-0.39, 0.29) is 28.5 Å². The van der Waals surface area contributed by atoms with Crippen molar-refractivity contribution in [3.05, 3.63) is 65.2 Å². The Labute approximate surface area is 173 Å². The number of anilines is 1. The lowest BCUT2D eigenvalue weighted by Gasteiger charge is -2.13. The van der Waals surface area contributed by atoms with Gasteiger partial charge in [0.15, 0.2) is 17.2 Å². The van der Waals surface area contributed by atoms with Crippen LogP contribution < -0.4 is 5.73 Å². The van der Waals surface area contributed by atoms with Gasteiger partial charge >= 0.3 is 6.18 Å². The first kappa shape index (κ1) is 19.3. The summed E-state index contributed by atoms with van der Waals surface area (Å²) in [6.07, 6.45) is -2.21. The molecule has 0 saturated heterocycles. The van der Waals surface area contributed by atoms with Crippen LogP contribution in [-0.2, 0) is 12.6 Å². The van der Waals surface area contributed by atoms with Gasteiger partial charge in [-0.05, 0) is 36.1 Å². The normalized spacial score (nSPS) is 16.1. The first-order valence-corrected chi connectivity index (χ1v) is 9.42. The minimum absolute atomic E-state index is 0.0231. The Hall–Kier alpha value is -3.69. The molecule has 0 radical (unpaired) electrons. The molecule has 3 N–H and O–H groups in total. The van der Waals surface area contributed by atoms with Gasteiger partial charge in [-0.25, -0.2) is 19.0 Å². The molecule has 2 aromatic heterocycles. The average Bonchev–Trinajstić information content (AvgIpc) is 3.31. The molecule has 0 aliphatic heterocycles. The van der Waals surface area contributed by atoms with Crippen LogP contribution >= 0.6 is 0 Å². The number of halogens is 4. The molecule has 31 heavy (non-hydrogen) atoms. The topological polar surface area (TPSA) is 89.8 Å². The number of phenolic OH excluding ortho intramolecular Hbond substituents is 1. The zero-order chi connectivity index (χ0) is 21.9. The summed E-state index contributed by atoms with van der Waals surface area (Å²) < 4.78 is 55.5. The number of aryl methyl sites for hydroxylation is 1. The van der Waals surface area contributed by atoms with Crippen molar-refractivity contribution in [1.29, 1.82) is 0 Å². The number of nitrogens with zero attached hydrogens (tertiary/aromatic N) is 4. The quantitative estimate of drug-likeness (QED) is 0.459. The number of aromatic nitrogens is 4. The molecule has 2 aromatic carbocycles. The summed E-state index contributed by atoms with van der Waals surface area (Å²) in [6, 6.07) is 9.13. The van der Waals surface area contributed by atoms with E-state index in [1.54, 1.807) is 4.68 Å². The molecule has 10 heteroatoms. The van der Waals surface area contributed by atoms with Crippen LogP contribution in [0, 0.1) is 5.82 Å². The number of hydrogen-bond acceptors (Lipinski definition) is 5. The second-order valence-electron chi connectivity index (χ2n) is 7.36. The van der Waals surface area contributed by atoms with Gasteiger partial charge in [0.25, 0.3) is 0 Å². The molecule has 0 spiro atoms. The highest BCUT2D eigenvalue weighted by atomic mass is 19.4. The third-order valence-corrected chi connectivity index (χ3v) is 5.55. The van der Waals surface area contributed by atoms with Gasteiger partial charge in [-0.3, -0.25) is 0 Å². The van der Waals surface area contributed by atoms with E-state index in [0.29, 0.717) is 11.7 Å².